The maximum atomic E-state index is 12.2. The van der Waals surface area contributed by atoms with Gasteiger partial charge in [-0.05, 0) is 25.8 Å². The van der Waals surface area contributed by atoms with Crippen LogP contribution in [0.2, 0.25) is 0 Å². The van der Waals surface area contributed by atoms with Gasteiger partial charge in [0, 0.05) is 12.0 Å². The Morgan fingerprint density at radius 2 is 1.94 bits per heavy atom. The van der Waals surface area contributed by atoms with E-state index >= 15 is 0 Å². The molecule has 0 unspecified atom stereocenters. The Balaban J connectivity index is 2.97. The quantitative estimate of drug-likeness (QED) is 0.844. The highest BCUT2D eigenvalue weighted by Crippen LogP contribution is 2.24. The normalized spacial score (nSPS) is 11.4. The molecule has 3 heteroatoms. The van der Waals surface area contributed by atoms with Crippen molar-refractivity contribution in [2.24, 2.45) is 0 Å². The van der Waals surface area contributed by atoms with Gasteiger partial charge in [-0.3, -0.25) is 4.79 Å². The van der Waals surface area contributed by atoms with Crippen LogP contribution in [-0.2, 0) is 11.2 Å². The summed E-state index contributed by atoms with van der Waals surface area (Å²) in [5, 5.41) is 10.2. The van der Waals surface area contributed by atoms with Crippen LogP contribution in [0.1, 0.15) is 37.8 Å². The van der Waals surface area contributed by atoms with Gasteiger partial charge in [0.05, 0.1) is 7.11 Å². The number of ether oxygens (including phenoxy) is 1. The van der Waals surface area contributed by atoms with Crippen molar-refractivity contribution >= 4 is 5.78 Å². The smallest absolute Gasteiger partial charge is 0.168 e. The molecule has 18 heavy (non-hydrogen) atoms. The summed E-state index contributed by atoms with van der Waals surface area (Å²) in [6, 6.07) is 5.73. The Bertz CT molecular complexity index is 420. The summed E-state index contributed by atoms with van der Waals surface area (Å²) < 4.78 is 5.25. The second-order valence-corrected chi connectivity index (χ2v) is 4.65. The van der Waals surface area contributed by atoms with Gasteiger partial charge in [0.1, 0.15) is 11.4 Å². The monoisotopic (exact) mass is 250 g/mol. The second kappa shape index (κ2) is 6.01. The average molecular weight is 250 g/mol. The number of carbonyl (C=O) groups is 1. The number of Topliss-reactive ketones (excluding diaryl/α,β-unsaturated/α-hetero) is 1. The molecule has 1 aromatic carbocycles. The van der Waals surface area contributed by atoms with Crippen molar-refractivity contribution in [3.63, 3.8) is 0 Å². The zero-order valence-electron chi connectivity index (χ0n) is 11.6. The number of carbonyl (C=O) groups excluding carboxylic acids is 1. The zero-order valence-corrected chi connectivity index (χ0v) is 11.6. The van der Waals surface area contributed by atoms with Crippen LogP contribution in [-0.4, -0.2) is 23.6 Å². The fourth-order valence-electron chi connectivity index (χ4n) is 2.03. The van der Waals surface area contributed by atoms with Crippen molar-refractivity contribution in [2.75, 3.05) is 7.11 Å². The zero-order chi connectivity index (χ0) is 13.8. The van der Waals surface area contributed by atoms with Crippen LogP contribution in [0.4, 0.5) is 0 Å². The Hall–Kier alpha value is -1.35. The van der Waals surface area contributed by atoms with E-state index in [-0.39, 0.29) is 12.2 Å². The minimum absolute atomic E-state index is 0.142. The first kappa shape index (κ1) is 14.7. The third kappa shape index (κ3) is 3.10. The van der Waals surface area contributed by atoms with Crippen LogP contribution in [0.15, 0.2) is 18.2 Å². The van der Waals surface area contributed by atoms with E-state index in [4.69, 9.17) is 4.74 Å². The molecule has 0 saturated carbocycles. The van der Waals surface area contributed by atoms with Gasteiger partial charge < -0.3 is 9.84 Å². The van der Waals surface area contributed by atoms with Gasteiger partial charge in [0.2, 0.25) is 0 Å². The molecular formula is C15H22O3. The third-order valence-corrected chi connectivity index (χ3v) is 3.48. The minimum Gasteiger partial charge on any atom is -0.496 e. The van der Waals surface area contributed by atoms with E-state index < -0.39 is 5.60 Å². The van der Waals surface area contributed by atoms with Crippen molar-refractivity contribution in [1.82, 2.24) is 0 Å². The summed E-state index contributed by atoms with van der Waals surface area (Å²) in [6.45, 7) is 5.63. The van der Waals surface area contributed by atoms with Crippen molar-refractivity contribution in [3.8, 4) is 5.75 Å². The minimum atomic E-state index is -1.21. The summed E-state index contributed by atoms with van der Waals surface area (Å²) in [7, 11) is 1.59. The van der Waals surface area contributed by atoms with E-state index in [0.717, 1.165) is 11.1 Å². The van der Waals surface area contributed by atoms with Crippen molar-refractivity contribution in [2.45, 2.75) is 45.6 Å². The summed E-state index contributed by atoms with van der Waals surface area (Å²) in [6.07, 6.45) is 1.09. The largest absolute Gasteiger partial charge is 0.496 e. The molecule has 0 saturated heterocycles. The predicted molar refractivity (Wildman–Crippen MR) is 72.0 cm³/mol. The molecule has 0 aliphatic rings. The van der Waals surface area contributed by atoms with Crippen LogP contribution < -0.4 is 4.74 Å². The molecule has 0 atom stereocenters. The Labute approximate surface area is 109 Å². The van der Waals surface area contributed by atoms with Gasteiger partial charge in [-0.1, -0.05) is 31.5 Å². The Morgan fingerprint density at radius 3 is 2.44 bits per heavy atom. The standard InChI is InChI=1S/C15H22O3/c1-5-15(17,6-2)14(16)10-12-9-11(3)7-8-13(12)18-4/h7-9,17H,5-6,10H2,1-4H3. The molecule has 0 amide bonds. The third-order valence-electron chi connectivity index (χ3n) is 3.48. The Morgan fingerprint density at radius 1 is 1.33 bits per heavy atom. The lowest BCUT2D eigenvalue weighted by Gasteiger charge is -2.23. The van der Waals surface area contributed by atoms with Gasteiger partial charge in [-0.2, -0.15) is 0 Å². The first-order valence-electron chi connectivity index (χ1n) is 6.36. The number of aryl methyl sites for hydroxylation is 1. The summed E-state index contributed by atoms with van der Waals surface area (Å²) in [4.78, 5) is 12.2. The molecule has 3 nitrogen and oxygen atoms in total. The van der Waals surface area contributed by atoms with E-state index in [9.17, 15) is 9.90 Å². The molecule has 1 aromatic rings. The number of aliphatic hydroxyl groups is 1. The van der Waals surface area contributed by atoms with Crippen molar-refractivity contribution in [1.29, 1.82) is 0 Å². The highest BCUT2D eigenvalue weighted by atomic mass is 16.5. The molecule has 0 radical (unpaired) electrons. The summed E-state index contributed by atoms with van der Waals surface area (Å²) in [5.41, 5.74) is 0.701. The highest BCUT2D eigenvalue weighted by Gasteiger charge is 2.31. The van der Waals surface area contributed by atoms with Crippen LogP contribution in [0.5, 0.6) is 5.75 Å². The molecule has 0 aromatic heterocycles. The van der Waals surface area contributed by atoms with E-state index in [1.165, 1.54) is 0 Å². The first-order valence-corrected chi connectivity index (χ1v) is 6.36. The lowest BCUT2D eigenvalue weighted by atomic mass is 9.88. The number of rotatable bonds is 6. The number of methoxy groups -OCH3 is 1. The molecule has 1 N–H and O–H groups in total. The number of hydrogen-bond donors (Lipinski definition) is 1. The number of hydrogen-bond acceptors (Lipinski definition) is 3. The maximum Gasteiger partial charge on any atom is 0.168 e. The SMILES string of the molecule is CCC(O)(CC)C(=O)Cc1cc(C)ccc1OC. The van der Waals surface area contributed by atoms with Gasteiger partial charge >= 0.3 is 0 Å². The van der Waals surface area contributed by atoms with Crippen molar-refractivity contribution < 1.29 is 14.6 Å². The molecule has 0 bridgehead atoms. The van der Waals surface area contributed by atoms with Crippen LogP contribution in [0, 0.1) is 6.92 Å². The topological polar surface area (TPSA) is 46.5 Å². The molecule has 1 rings (SSSR count). The maximum absolute atomic E-state index is 12.2. The van der Waals surface area contributed by atoms with E-state index in [1.807, 2.05) is 39.0 Å². The van der Waals surface area contributed by atoms with Crippen LogP contribution in [0.3, 0.4) is 0 Å². The number of ketones is 1. The predicted octanol–water partition coefficient (Wildman–Crippen LogP) is 2.67. The molecular weight excluding hydrogens is 228 g/mol. The molecule has 0 spiro atoms. The number of benzene rings is 1. The first-order chi connectivity index (χ1) is 8.46. The molecule has 0 aliphatic carbocycles. The van der Waals surface area contributed by atoms with Gasteiger partial charge in [0.25, 0.3) is 0 Å². The van der Waals surface area contributed by atoms with Gasteiger partial charge in [-0.15, -0.1) is 0 Å². The van der Waals surface area contributed by atoms with Crippen molar-refractivity contribution in [3.05, 3.63) is 29.3 Å². The molecule has 0 heterocycles. The fraction of sp³-hybridized carbons (Fsp3) is 0.533. The summed E-state index contributed by atoms with van der Waals surface area (Å²) >= 11 is 0. The molecule has 0 aliphatic heterocycles. The van der Waals surface area contributed by atoms with E-state index in [1.54, 1.807) is 7.11 Å². The molecule has 100 valence electrons. The fourth-order valence-corrected chi connectivity index (χ4v) is 2.03. The average Bonchev–Trinajstić information content (AvgIpc) is 2.38. The van der Waals surface area contributed by atoms with E-state index in [0.29, 0.717) is 18.6 Å². The highest BCUT2D eigenvalue weighted by molar-refractivity contribution is 5.89. The van der Waals surface area contributed by atoms with Gasteiger partial charge in [-0.25, -0.2) is 0 Å². The van der Waals surface area contributed by atoms with E-state index in [2.05, 4.69) is 0 Å². The lowest BCUT2D eigenvalue weighted by molar-refractivity contribution is -0.137. The second-order valence-electron chi connectivity index (χ2n) is 4.65. The Kier molecular flexibility index (Phi) is 4.91. The van der Waals surface area contributed by atoms with Gasteiger partial charge in [0.15, 0.2) is 5.78 Å². The lowest BCUT2D eigenvalue weighted by Crippen LogP contribution is -2.38. The molecule has 0 fully saturated rings. The van der Waals surface area contributed by atoms with Crippen LogP contribution >= 0.6 is 0 Å². The van der Waals surface area contributed by atoms with Crippen LogP contribution in [0.25, 0.3) is 0 Å². The summed E-state index contributed by atoms with van der Waals surface area (Å²) in [5.74, 6) is 0.555.